The third-order valence-electron chi connectivity index (χ3n) is 5.44. The Morgan fingerprint density at radius 2 is 1.40 bits per heavy atom. The second-order valence-electron chi connectivity index (χ2n) is 9.21. The van der Waals surface area contributed by atoms with Crippen molar-refractivity contribution in [1.82, 2.24) is 0 Å². The lowest BCUT2D eigenvalue weighted by molar-refractivity contribution is -0.150. The van der Waals surface area contributed by atoms with E-state index in [0.717, 1.165) is 32.1 Å². The van der Waals surface area contributed by atoms with Gasteiger partial charge in [-0.1, -0.05) is 85.0 Å². The lowest BCUT2D eigenvalue weighted by Crippen LogP contribution is -2.39. The van der Waals surface area contributed by atoms with Gasteiger partial charge in [-0.05, 0) is 31.1 Å². The molecule has 148 valence electrons. The molecule has 0 aromatic rings. The molecule has 0 bridgehead atoms. The molecule has 2 atom stereocenters. The molecule has 1 aliphatic carbocycles. The SMILES string of the molecule is CC(C)(C)CCCCCCCCCCCOC(=O)C1CCCCC1N. The van der Waals surface area contributed by atoms with Gasteiger partial charge in [0.25, 0.3) is 0 Å². The number of nitrogens with two attached hydrogens (primary N) is 1. The zero-order chi connectivity index (χ0) is 18.5. The molecule has 1 saturated carbocycles. The minimum absolute atomic E-state index is 0.0182. The normalized spacial score (nSPS) is 21.3. The highest BCUT2D eigenvalue weighted by molar-refractivity contribution is 5.73. The minimum Gasteiger partial charge on any atom is -0.465 e. The highest BCUT2D eigenvalue weighted by Gasteiger charge is 2.29. The Balaban J connectivity index is 1.85. The number of unbranched alkanes of at least 4 members (excludes halogenated alkanes) is 8. The number of hydrogen-bond acceptors (Lipinski definition) is 3. The molecule has 2 unspecified atom stereocenters. The first-order valence-corrected chi connectivity index (χ1v) is 10.8. The van der Waals surface area contributed by atoms with Crippen molar-refractivity contribution < 1.29 is 9.53 Å². The van der Waals surface area contributed by atoms with Gasteiger partial charge in [-0.3, -0.25) is 4.79 Å². The van der Waals surface area contributed by atoms with Gasteiger partial charge in [-0.15, -0.1) is 0 Å². The zero-order valence-corrected chi connectivity index (χ0v) is 17.2. The van der Waals surface area contributed by atoms with Crippen LogP contribution in [0.2, 0.25) is 0 Å². The van der Waals surface area contributed by atoms with E-state index in [4.69, 9.17) is 10.5 Å². The van der Waals surface area contributed by atoms with E-state index in [1.165, 1.54) is 57.8 Å². The van der Waals surface area contributed by atoms with Crippen LogP contribution in [0.4, 0.5) is 0 Å². The van der Waals surface area contributed by atoms with Crippen LogP contribution in [-0.2, 0) is 9.53 Å². The number of hydrogen-bond donors (Lipinski definition) is 1. The second-order valence-corrected chi connectivity index (χ2v) is 9.21. The molecule has 0 aromatic carbocycles. The lowest BCUT2D eigenvalue weighted by Gasteiger charge is -2.26. The molecule has 2 N–H and O–H groups in total. The van der Waals surface area contributed by atoms with Crippen LogP contribution in [0.15, 0.2) is 0 Å². The van der Waals surface area contributed by atoms with Gasteiger partial charge in [0.1, 0.15) is 0 Å². The van der Waals surface area contributed by atoms with Crippen LogP contribution < -0.4 is 5.73 Å². The molecular weight excluding hydrogens is 310 g/mol. The van der Waals surface area contributed by atoms with Gasteiger partial charge in [-0.2, -0.15) is 0 Å². The third-order valence-corrected chi connectivity index (χ3v) is 5.44. The van der Waals surface area contributed by atoms with Crippen molar-refractivity contribution in [2.75, 3.05) is 6.61 Å². The van der Waals surface area contributed by atoms with Gasteiger partial charge in [-0.25, -0.2) is 0 Å². The Kier molecular flexibility index (Phi) is 11.4. The van der Waals surface area contributed by atoms with E-state index in [0.29, 0.717) is 12.0 Å². The summed E-state index contributed by atoms with van der Waals surface area (Å²) in [7, 11) is 0. The summed E-state index contributed by atoms with van der Waals surface area (Å²) in [5.74, 6) is -0.102. The second kappa shape index (κ2) is 12.7. The Morgan fingerprint density at radius 3 is 1.96 bits per heavy atom. The molecule has 0 aliphatic heterocycles. The van der Waals surface area contributed by atoms with Crippen molar-refractivity contribution in [3.05, 3.63) is 0 Å². The van der Waals surface area contributed by atoms with E-state index in [2.05, 4.69) is 20.8 Å². The van der Waals surface area contributed by atoms with Crippen LogP contribution in [0.25, 0.3) is 0 Å². The molecule has 3 nitrogen and oxygen atoms in total. The van der Waals surface area contributed by atoms with E-state index in [9.17, 15) is 4.79 Å². The van der Waals surface area contributed by atoms with E-state index in [1.54, 1.807) is 0 Å². The molecule has 0 heterocycles. The van der Waals surface area contributed by atoms with Crippen molar-refractivity contribution in [2.45, 2.75) is 117 Å². The largest absolute Gasteiger partial charge is 0.465 e. The van der Waals surface area contributed by atoms with Gasteiger partial charge in [0.15, 0.2) is 0 Å². The molecule has 0 amide bonds. The fraction of sp³-hybridized carbons (Fsp3) is 0.955. The third kappa shape index (κ3) is 11.6. The molecule has 1 aliphatic rings. The highest BCUT2D eigenvalue weighted by atomic mass is 16.5. The fourth-order valence-electron chi connectivity index (χ4n) is 3.73. The van der Waals surface area contributed by atoms with Crippen molar-refractivity contribution in [2.24, 2.45) is 17.1 Å². The summed E-state index contributed by atoms with van der Waals surface area (Å²) in [5.41, 5.74) is 6.52. The molecule has 25 heavy (non-hydrogen) atoms. The smallest absolute Gasteiger partial charge is 0.310 e. The first kappa shape index (κ1) is 22.5. The van der Waals surface area contributed by atoms with Gasteiger partial charge >= 0.3 is 5.97 Å². The van der Waals surface area contributed by atoms with Crippen LogP contribution in [0.3, 0.4) is 0 Å². The van der Waals surface area contributed by atoms with Crippen LogP contribution in [0.5, 0.6) is 0 Å². The molecule has 1 fully saturated rings. The van der Waals surface area contributed by atoms with Crippen LogP contribution in [0.1, 0.15) is 111 Å². The standard InChI is InChI=1S/C22H43NO2/c1-22(2,3)17-13-9-7-5-4-6-8-10-14-18-25-21(24)19-15-11-12-16-20(19)23/h19-20H,4-18,23H2,1-3H3. The quantitative estimate of drug-likeness (QED) is 0.346. The highest BCUT2D eigenvalue weighted by Crippen LogP contribution is 2.24. The van der Waals surface area contributed by atoms with Crippen molar-refractivity contribution in [3.63, 3.8) is 0 Å². The maximum atomic E-state index is 12.0. The van der Waals surface area contributed by atoms with Crippen molar-refractivity contribution in [3.8, 4) is 0 Å². The predicted octanol–water partition coefficient (Wildman–Crippen LogP) is 5.99. The van der Waals surface area contributed by atoms with Crippen LogP contribution in [0, 0.1) is 11.3 Å². The molecule has 1 rings (SSSR count). The minimum atomic E-state index is -0.0533. The average molecular weight is 354 g/mol. The van der Waals surface area contributed by atoms with E-state index >= 15 is 0 Å². The molecule has 0 saturated heterocycles. The fourth-order valence-corrected chi connectivity index (χ4v) is 3.73. The van der Waals surface area contributed by atoms with Gasteiger partial charge in [0, 0.05) is 6.04 Å². The molecule has 0 aromatic heterocycles. The van der Waals surface area contributed by atoms with Crippen LogP contribution in [-0.4, -0.2) is 18.6 Å². The Morgan fingerprint density at radius 1 is 0.880 bits per heavy atom. The molecule has 3 heteroatoms. The Labute approximate surface area is 156 Å². The summed E-state index contributed by atoms with van der Waals surface area (Å²) in [5, 5.41) is 0. The molecule has 0 spiro atoms. The first-order valence-electron chi connectivity index (χ1n) is 10.8. The summed E-state index contributed by atoms with van der Waals surface area (Å²) in [6.45, 7) is 7.56. The summed E-state index contributed by atoms with van der Waals surface area (Å²) >= 11 is 0. The van der Waals surface area contributed by atoms with Gasteiger partial charge in [0.2, 0.25) is 0 Å². The summed E-state index contributed by atoms with van der Waals surface area (Å²) in [6.07, 6.45) is 17.1. The average Bonchev–Trinajstić information content (AvgIpc) is 2.55. The lowest BCUT2D eigenvalue weighted by atomic mass is 9.85. The van der Waals surface area contributed by atoms with E-state index in [1.807, 2.05) is 0 Å². The van der Waals surface area contributed by atoms with Crippen molar-refractivity contribution in [1.29, 1.82) is 0 Å². The van der Waals surface area contributed by atoms with Gasteiger partial charge < -0.3 is 10.5 Å². The number of ether oxygens (including phenoxy) is 1. The van der Waals surface area contributed by atoms with E-state index in [-0.39, 0.29) is 17.9 Å². The van der Waals surface area contributed by atoms with E-state index < -0.39 is 0 Å². The summed E-state index contributed by atoms with van der Waals surface area (Å²) in [4.78, 5) is 12.0. The number of carbonyl (C=O) groups excluding carboxylic acids is 1. The number of carbonyl (C=O) groups is 1. The van der Waals surface area contributed by atoms with Crippen LogP contribution >= 0.6 is 0 Å². The number of rotatable bonds is 12. The van der Waals surface area contributed by atoms with Crippen molar-refractivity contribution >= 4 is 5.97 Å². The Hall–Kier alpha value is -0.570. The maximum absolute atomic E-state index is 12.0. The monoisotopic (exact) mass is 353 g/mol. The Bertz CT molecular complexity index is 348. The molecule has 0 radical (unpaired) electrons. The first-order chi connectivity index (χ1) is 11.9. The molecular formula is C22H43NO2. The predicted molar refractivity (Wildman–Crippen MR) is 107 cm³/mol. The zero-order valence-electron chi connectivity index (χ0n) is 17.2. The van der Waals surface area contributed by atoms with Gasteiger partial charge in [0.05, 0.1) is 12.5 Å². The topological polar surface area (TPSA) is 52.3 Å². The number of esters is 1. The summed E-state index contributed by atoms with van der Waals surface area (Å²) in [6, 6.07) is 0.0182. The summed E-state index contributed by atoms with van der Waals surface area (Å²) < 4.78 is 5.43. The maximum Gasteiger partial charge on any atom is 0.310 e.